The van der Waals surface area contributed by atoms with Crippen molar-refractivity contribution in [2.75, 3.05) is 77.1 Å². The minimum Gasteiger partial charge on any atom is -0.490 e. The lowest BCUT2D eigenvalue weighted by Crippen LogP contribution is -2.51. The molecule has 4 heterocycles. The number of benzene rings is 1. The first kappa shape index (κ1) is 28.7. The predicted octanol–water partition coefficient (Wildman–Crippen LogP) is 3.75. The van der Waals surface area contributed by atoms with Crippen LogP contribution in [0.3, 0.4) is 0 Å². The van der Waals surface area contributed by atoms with Crippen molar-refractivity contribution in [3.8, 4) is 5.75 Å². The smallest absolute Gasteiger partial charge is 0.231 e. The zero-order valence-corrected chi connectivity index (χ0v) is 24.3. The molecule has 2 aliphatic rings. The Kier molecular flexibility index (Phi) is 9.80. The summed E-state index contributed by atoms with van der Waals surface area (Å²) in [6.45, 7) is 12.8. The minimum absolute atomic E-state index is 0.149. The van der Waals surface area contributed by atoms with Crippen LogP contribution < -0.4 is 15.0 Å². The minimum atomic E-state index is -0.256. The van der Waals surface area contributed by atoms with Crippen molar-refractivity contribution in [2.24, 2.45) is 0 Å². The third-order valence-electron chi connectivity index (χ3n) is 7.71. The molecule has 0 spiro atoms. The van der Waals surface area contributed by atoms with E-state index in [1.54, 1.807) is 0 Å². The van der Waals surface area contributed by atoms with Crippen molar-refractivity contribution in [1.29, 1.82) is 0 Å². The maximum Gasteiger partial charge on any atom is 0.231 e. The highest BCUT2D eigenvalue weighted by Crippen LogP contribution is 2.36. The van der Waals surface area contributed by atoms with Crippen molar-refractivity contribution in [3.05, 3.63) is 53.3 Å². The fraction of sp³-hybridized carbons (Fsp3) is 0.533. The largest absolute Gasteiger partial charge is 0.490 e. The molecule has 2 aliphatic heterocycles. The standard InChI is InChI=1S/C30H41ClN6O3/c1-22(2)33-20-26(23-4-6-24(31)7-5-23)30(38)37-13-11-36(12-14-37)28-25-8-9-32-29(25)34-21-27(28)40-17-3-10-35-15-18-39-19-16-35/h4-9,21-22,26,33H,3,10-20H2,1-2H3,(H,32,34)/t26-/m1/s1. The van der Waals surface area contributed by atoms with Gasteiger partial charge in [0.05, 0.1) is 37.6 Å². The number of hydrogen-bond acceptors (Lipinski definition) is 7. The van der Waals surface area contributed by atoms with Gasteiger partial charge in [-0.1, -0.05) is 37.6 Å². The molecule has 0 saturated carbocycles. The highest BCUT2D eigenvalue weighted by atomic mass is 35.5. The lowest BCUT2D eigenvalue weighted by molar-refractivity contribution is -0.133. The molecule has 40 heavy (non-hydrogen) atoms. The van der Waals surface area contributed by atoms with Crippen LogP contribution in [0.1, 0.15) is 31.7 Å². The van der Waals surface area contributed by atoms with Crippen molar-refractivity contribution in [2.45, 2.75) is 32.2 Å². The number of pyridine rings is 1. The SMILES string of the molecule is CC(C)NC[C@@H](C(=O)N1CCN(c2c(OCCCN3CCOCC3)cnc3[nH]ccc23)CC1)c1ccc(Cl)cc1. The molecule has 0 unspecified atom stereocenters. The summed E-state index contributed by atoms with van der Waals surface area (Å²) >= 11 is 6.13. The Hall–Kier alpha value is -2.85. The van der Waals surface area contributed by atoms with Gasteiger partial charge in [0.2, 0.25) is 5.91 Å². The van der Waals surface area contributed by atoms with Gasteiger partial charge in [-0.05, 0) is 30.2 Å². The Labute approximate surface area is 241 Å². The number of ether oxygens (including phenoxy) is 2. The topological polar surface area (TPSA) is 86.0 Å². The van der Waals surface area contributed by atoms with Gasteiger partial charge in [0.25, 0.3) is 0 Å². The quantitative estimate of drug-likeness (QED) is 0.341. The highest BCUT2D eigenvalue weighted by Gasteiger charge is 2.30. The fourth-order valence-corrected chi connectivity index (χ4v) is 5.60. The van der Waals surface area contributed by atoms with Gasteiger partial charge in [0, 0.05) is 75.0 Å². The summed E-state index contributed by atoms with van der Waals surface area (Å²) in [5.41, 5.74) is 2.89. The Morgan fingerprint density at radius 3 is 2.58 bits per heavy atom. The van der Waals surface area contributed by atoms with Crippen LogP contribution in [-0.2, 0) is 9.53 Å². The molecule has 1 amide bonds. The number of aromatic amines is 1. The second-order valence-corrected chi connectivity index (χ2v) is 11.3. The Morgan fingerprint density at radius 1 is 1.10 bits per heavy atom. The summed E-state index contributed by atoms with van der Waals surface area (Å²) in [5, 5.41) is 5.18. The van der Waals surface area contributed by atoms with Crippen LogP contribution in [0.5, 0.6) is 5.75 Å². The molecule has 10 heteroatoms. The van der Waals surface area contributed by atoms with E-state index in [1.165, 1.54) is 0 Å². The molecule has 0 aliphatic carbocycles. The van der Waals surface area contributed by atoms with Gasteiger partial charge in [0.15, 0.2) is 5.75 Å². The number of amides is 1. The summed E-state index contributed by atoms with van der Waals surface area (Å²) < 4.78 is 11.8. The Balaban J connectivity index is 1.24. The molecule has 1 aromatic carbocycles. The van der Waals surface area contributed by atoms with Crippen molar-refractivity contribution < 1.29 is 14.3 Å². The van der Waals surface area contributed by atoms with Crippen LogP contribution in [0.4, 0.5) is 5.69 Å². The second-order valence-electron chi connectivity index (χ2n) is 10.8. The molecule has 5 rings (SSSR count). The Bertz CT molecular complexity index is 1240. The van der Waals surface area contributed by atoms with Crippen LogP contribution in [0.25, 0.3) is 11.0 Å². The monoisotopic (exact) mass is 568 g/mol. The van der Waals surface area contributed by atoms with E-state index >= 15 is 0 Å². The molecule has 9 nitrogen and oxygen atoms in total. The number of rotatable bonds is 11. The van der Waals surface area contributed by atoms with Crippen molar-refractivity contribution >= 4 is 34.2 Å². The number of H-pyrrole nitrogens is 1. The third kappa shape index (κ3) is 7.07. The third-order valence-corrected chi connectivity index (χ3v) is 7.96. The highest BCUT2D eigenvalue weighted by molar-refractivity contribution is 6.30. The number of hydrogen-bond donors (Lipinski definition) is 2. The molecule has 1 atom stereocenters. The van der Waals surface area contributed by atoms with E-state index in [0.29, 0.717) is 37.3 Å². The number of carbonyl (C=O) groups excluding carboxylic acids is 1. The number of fused-ring (bicyclic) bond motifs is 1. The predicted molar refractivity (Wildman–Crippen MR) is 160 cm³/mol. The van der Waals surface area contributed by atoms with Crippen LogP contribution in [-0.4, -0.2) is 104 Å². The van der Waals surface area contributed by atoms with Gasteiger partial charge < -0.3 is 29.6 Å². The van der Waals surface area contributed by atoms with Crippen LogP contribution in [0.2, 0.25) is 5.02 Å². The maximum absolute atomic E-state index is 13.8. The number of nitrogens with one attached hydrogen (secondary N) is 2. The van der Waals surface area contributed by atoms with Gasteiger partial charge in [0.1, 0.15) is 5.65 Å². The van der Waals surface area contributed by atoms with Gasteiger partial charge >= 0.3 is 0 Å². The molecule has 3 aromatic rings. The van der Waals surface area contributed by atoms with E-state index < -0.39 is 0 Å². The van der Waals surface area contributed by atoms with E-state index in [1.807, 2.05) is 41.6 Å². The average molecular weight is 569 g/mol. The van der Waals surface area contributed by atoms with Crippen LogP contribution in [0.15, 0.2) is 42.7 Å². The van der Waals surface area contributed by atoms with E-state index in [9.17, 15) is 4.79 Å². The van der Waals surface area contributed by atoms with E-state index in [0.717, 1.165) is 80.4 Å². The lowest BCUT2D eigenvalue weighted by Gasteiger charge is -2.38. The van der Waals surface area contributed by atoms with E-state index in [2.05, 4.69) is 45.0 Å². The molecular formula is C30H41ClN6O3. The van der Waals surface area contributed by atoms with E-state index in [4.69, 9.17) is 21.1 Å². The normalized spacial score (nSPS) is 17.5. The van der Waals surface area contributed by atoms with Crippen molar-refractivity contribution in [1.82, 2.24) is 25.1 Å². The van der Waals surface area contributed by atoms with Crippen molar-refractivity contribution in [3.63, 3.8) is 0 Å². The van der Waals surface area contributed by atoms with Gasteiger partial charge in [-0.15, -0.1) is 0 Å². The number of piperazine rings is 1. The number of aromatic nitrogens is 2. The summed E-state index contributed by atoms with van der Waals surface area (Å²) in [6.07, 6.45) is 4.69. The van der Waals surface area contributed by atoms with Crippen LogP contribution >= 0.6 is 11.6 Å². The molecule has 216 valence electrons. The number of carbonyl (C=O) groups is 1. The summed E-state index contributed by atoms with van der Waals surface area (Å²) in [7, 11) is 0. The Morgan fingerprint density at radius 2 is 1.85 bits per heavy atom. The maximum atomic E-state index is 13.8. The first-order valence-corrected chi connectivity index (χ1v) is 14.8. The average Bonchev–Trinajstić information content (AvgIpc) is 3.45. The zero-order valence-electron chi connectivity index (χ0n) is 23.6. The molecular weight excluding hydrogens is 528 g/mol. The first-order chi connectivity index (χ1) is 19.5. The molecule has 0 bridgehead atoms. The van der Waals surface area contributed by atoms with Gasteiger partial charge in [-0.2, -0.15) is 0 Å². The first-order valence-electron chi connectivity index (χ1n) is 14.4. The fourth-order valence-electron chi connectivity index (χ4n) is 5.47. The number of nitrogens with zero attached hydrogens (tertiary/aromatic N) is 4. The molecule has 2 fully saturated rings. The number of halogens is 1. The van der Waals surface area contributed by atoms with Gasteiger partial charge in [-0.3, -0.25) is 9.69 Å². The summed E-state index contributed by atoms with van der Waals surface area (Å²) in [4.78, 5) is 28.3. The number of anilines is 1. The second kappa shape index (κ2) is 13.7. The van der Waals surface area contributed by atoms with E-state index in [-0.39, 0.29) is 11.8 Å². The zero-order chi connectivity index (χ0) is 27.9. The number of morpholine rings is 1. The van der Waals surface area contributed by atoms with Gasteiger partial charge in [-0.25, -0.2) is 4.98 Å². The molecule has 2 saturated heterocycles. The molecule has 2 N–H and O–H groups in total. The molecule has 0 radical (unpaired) electrons. The van der Waals surface area contributed by atoms with Crippen LogP contribution in [0, 0.1) is 0 Å². The lowest BCUT2D eigenvalue weighted by atomic mass is 9.96. The summed E-state index contributed by atoms with van der Waals surface area (Å²) in [5.74, 6) is 0.694. The molecule has 2 aromatic heterocycles. The summed E-state index contributed by atoms with van der Waals surface area (Å²) in [6, 6.07) is 10.00.